The van der Waals surface area contributed by atoms with Crippen molar-refractivity contribution in [3.63, 3.8) is 0 Å². The Labute approximate surface area is 96.7 Å². The van der Waals surface area contributed by atoms with Gasteiger partial charge < -0.3 is 30.0 Å². The quantitative estimate of drug-likeness (QED) is 0.397. The Hall–Kier alpha value is -0.175. The normalized spacial score (nSPS) is 15.2. The summed E-state index contributed by atoms with van der Waals surface area (Å²) in [6.45, 7) is 8.62. The van der Waals surface area contributed by atoms with E-state index in [1.807, 2.05) is 13.8 Å². The molecule has 1 atom stereocenters. The first kappa shape index (κ1) is 18.2. The van der Waals surface area contributed by atoms with Gasteiger partial charge >= 0.3 is 7.32 Å². The summed E-state index contributed by atoms with van der Waals surface area (Å²) in [6.07, 6.45) is 0.0684. The van der Waals surface area contributed by atoms with E-state index in [0.717, 1.165) is 0 Å². The molecule has 98 valence electrons. The average Bonchev–Trinajstić information content (AvgIpc) is 1.97. The van der Waals surface area contributed by atoms with Crippen molar-refractivity contribution in [1.29, 1.82) is 0 Å². The molecule has 0 aromatic heterocycles. The summed E-state index contributed by atoms with van der Waals surface area (Å²) < 4.78 is 5.22. The molecule has 0 bridgehead atoms. The lowest BCUT2D eigenvalue weighted by Gasteiger charge is -2.35. The molecule has 6 nitrogen and oxygen atoms in total. The lowest BCUT2D eigenvalue weighted by atomic mass is 9.89. The molecule has 0 amide bonds. The van der Waals surface area contributed by atoms with E-state index in [1.165, 1.54) is 0 Å². The first-order chi connectivity index (χ1) is 6.90. The maximum Gasteiger partial charge on any atom is 0.631 e. The Morgan fingerprint density at radius 3 is 1.56 bits per heavy atom. The van der Waals surface area contributed by atoms with Gasteiger partial charge in [-0.05, 0) is 34.6 Å². The van der Waals surface area contributed by atoms with Crippen LogP contribution in [0.15, 0.2) is 0 Å². The van der Waals surface area contributed by atoms with Crippen LogP contribution in [0, 0.1) is 0 Å². The van der Waals surface area contributed by atoms with Crippen LogP contribution in [0.25, 0.3) is 0 Å². The van der Waals surface area contributed by atoms with Crippen LogP contribution >= 0.6 is 0 Å². The topological polar surface area (TPSA) is 110 Å². The highest BCUT2D eigenvalue weighted by molar-refractivity contribution is 6.30. The molecule has 0 aliphatic heterocycles. The van der Waals surface area contributed by atoms with Crippen LogP contribution in [-0.4, -0.2) is 56.5 Å². The van der Waals surface area contributed by atoms with E-state index in [9.17, 15) is 10.2 Å². The maximum atomic E-state index is 9.72. The standard InChI is InChI=1S/C9H20O3.BH3O3/c1-7(2)12-6-9(5,11)8(3,4)10;2-1(3)4/h7,10-11H,6H2,1-5H3;2-4H. The molecule has 7 heteroatoms. The molecule has 0 aromatic carbocycles. The van der Waals surface area contributed by atoms with Gasteiger partial charge in [0, 0.05) is 0 Å². The summed E-state index contributed by atoms with van der Waals surface area (Å²) in [5, 5.41) is 40.8. The van der Waals surface area contributed by atoms with E-state index < -0.39 is 18.5 Å². The second-order valence-electron chi connectivity index (χ2n) is 4.54. The van der Waals surface area contributed by atoms with E-state index >= 15 is 0 Å². The van der Waals surface area contributed by atoms with Crippen LogP contribution < -0.4 is 0 Å². The van der Waals surface area contributed by atoms with Crippen molar-refractivity contribution in [3.05, 3.63) is 0 Å². The number of aliphatic hydroxyl groups is 2. The van der Waals surface area contributed by atoms with Gasteiger partial charge in [0.2, 0.25) is 0 Å². The molecule has 0 aliphatic carbocycles. The van der Waals surface area contributed by atoms with E-state index in [4.69, 9.17) is 19.8 Å². The molecule has 0 radical (unpaired) electrons. The van der Waals surface area contributed by atoms with Crippen molar-refractivity contribution >= 4 is 7.32 Å². The van der Waals surface area contributed by atoms with Crippen molar-refractivity contribution in [3.8, 4) is 0 Å². The molecule has 0 aromatic rings. The van der Waals surface area contributed by atoms with Crippen LogP contribution in [0.2, 0.25) is 0 Å². The molecule has 1 unspecified atom stereocenters. The minimum atomic E-state index is -2.17. The Morgan fingerprint density at radius 2 is 1.38 bits per heavy atom. The number of ether oxygens (including phenoxy) is 1. The largest absolute Gasteiger partial charge is 0.631 e. The second kappa shape index (κ2) is 7.21. The Morgan fingerprint density at radius 1 is 1.06 bits per heavy atom. The Bertz CT molecular complexity index is 173. The third kappa shape index (κ3) is 10.3. The molecular weight excluding hydrogens is 215 g/mol. The van der Waals surface area contributed by atoms with Crippen molar-refractivity contribution in [1.82, 2.24) is 0 Å². The SMILES string of the molecule is CC(C)OCC(C)(O)C(C)(C)O.OB(O)O. The molecule has 0 spiro atoms. The van der Waals surface area contributed by atoms with Gasteiger partial charge in [-0.25, -0.2) is 0 Å². The average molecular weight is 238 g/mol. The van der Waals surface area contributed by atoms with E-state index in [1.54, 1.807) is 20.8 Å². The highest BCUT2D eigenvalue weighted by Crippen LogP contribution is 2.21. The van der Waals surface area contributed by atoms with Crippen LogP contribution in [-0.2, 0) is 4.74 Å². The lowest BCUT2D eigenvalue weighted by Crippen LogP contribution is -2.51. The van der Waals surface area contributed by atoms with E-state index in [2.05, 4.69) is 0 Å². The van der Waals surface area contributed by atoms with Crippen molar-refractivity contribution in [2.75, 3.05) is 6.61 Å². The maximum absolute atomic E-state index is 9.72. The van der Waals surface area contributed by atoms with Crippen LogP contribution in [0.1, 0.15) is 34.6 Å². The fourth-order valence-corrected chi connectivity index (χ4v) is 0.506. The second-order valence-corrected chi connectivity index (χ2v) is 4.54. The van der Waals surface area contributed by atoms with E-state index in [0.29, 0.717) is 0 Å². The predicted octanol–water partition coefficient (Wildman–Crippen LogP) is -1.12. The fourth-order valence-electron chi connectivity index (χ4n) is 0.506. The molecule has 0 aliphatic rings. The zero-order chi connectivity index (χ0) is 13.6. The molecule has 16 heavy (non-hydrogen) atoms. The summed E-state index contributed by atoms with van der Waals surface area (Å²) in [5.41, 5.74) is -2.33. The van der Waals surface area contributed by atoms with Gasteiger partial charge in [-0.3, -0.25) is 0 Å². The van der Waals surface area contributed by atoms with Crippen LogP contribution in [0.5, 0.6) is 0 Å². The third-order valence-corrected chi connectivity index (χ3v) is 2.02. The first-order valence-corrected chi connectivity index (χ1v) is 5.00. The zero-order valence-corrected chi connectivity index (χ0v) is 10.5. The van der Waals surface area contributed by atoms with Gasteiger partial charge in [-0.2, -0.15) is 0 Å². The van der Waals surface area contributed by atoms with Gasteiger partial charge in [0.05, 0.1) is 18.3 Å². The molecule has 0 saturated carbocycles. The van der Waals surface area contributed by atoms with Gasteiger partial charge in [-0.1, -0.05) is 0 Å². The van der Waals surface area contributed by atoms with Crippen LogP contribution in [0.3, 0.4) is 0 Å². The van der Waals surface area contributed by atoms with Gasteiger partial charge in [0.1, 0.15) is 5.60 Å². The van der Waals surface area contributed by atoms with Crippen molar-refractivity contribution in [2.24, 2.45) is 0 Å². The lowest BCUT2D eigenvalue weighted by molar-refractivity contribution is -0.160. The zero-order valence-electron chi connectivity index (χ0n) is 10.5. The summed E-state index contributed by atoms with van der Waals surface area (Å²) in [6, 6.07) is 0. The minimum Gasteiger partial charge on any atom is -0.402 e. The number of hydrogen-bond donors (Lipinski definition) is 5. The molecule has 5 N–H and O–H groups in total. The molecule has 0 rings (SSSR count). The fraction of sp³-hybridized carbons (Fsp3) is 1.00. The Balaban J connectivity index is 0. The molecule has 0 fully saturated rings. The third-order valence-electron chi connectivity index (χ3n) is 2.02. The molecule has 0 saturated heterocycles. The van der Waals surface area contributed by atoms with Crippen LogP contribution in [0.4, 0.5) is 0 Å². The van der Waals surface area contributed by atoms with Gasteiger partial charge in [0.15, 0.2) is 0 Å². The van der Waals surface area contributed by atoms with Crippen molar-refractivity contribution < 1.29 is 30.0 Å². The summed E-state index contributed by atoms with van der Waals surface area (Å²) in [7, 11) is -2.17. The van der Waals surface area contributed by atoms with E-state index in [-0.39, 0.29) is 12.7 Å². The first-order valence-electron chi connectivity index (χ1n) is 5.00. The Kier molecular flexibility index (Phi) is 8.20. The smallest absolute Gasteiger partial charge is 0.402 e. The molecular formula is C9H23BO6. The summed E-state index contributed by atoms with van der Waals surface area (Å²) in [5.74, 6) is 0. The molecule has 0 heterocycles. The number of rotatable bonds is 4. The monoisotopic (exact) mass is 238 g/mol. The summed E-state index contributed by atoms with van der Waals surface area (Å²) >= 11 is 0. The summed E-state index contributed by atoms with van der Waals surface area (Å²) in [4.78, 5) is 0. The van der Waals surface area contributed by atoms with Gasteiger partial charge in [-0.15, -0.1) is 0 Å². The minimum absolute atomic E-state index is 0.0684. The highest BCUT2D eigenvalue weighted by Gasteiger charge is 2.37. The van der Waals surface area contributed by atoms with Crippen molar-refractivity contribution in [2.45, 2.75) is 51.9 Å². The number of hydrogen-bond acceptors (Lipinski definition) is 6. The predicted molar refractivity (Wildman–Crippen MR) is 60.4 cm³/mol. The van der Waals surface area contributed by atoms with Gasteiger partial charge in [0.25, 0.3) is 0 Å². The highest BCUT2D eigenvalue weighted by atomic mass is 16.5.